The van der Waals surface area contributed by atoms with Crippen LogP contribution in [-0.2, 0) is 0 Å². The van der Waals surface area contributed by atoms with E-state index in [-0.39, 0.29) is 5.91 Å². The van der Waals surface area contributed by atoms with Gasteiger partial charge in [-0.05, 0) is 60.2 Å². The maximum atomic E-state index is 13.0. The van der Waals surface area contributed by atoms with Gasteiger partial charge in [0.2, 0.25) is 0 Å². The van der Waals surface area contributed by atoms with Crippen LogP contribution in [0.5, 0.6) is 5.75 Å². The Morgan fingerprint density at radius 1 is 1.00 bits per heavy atom. The fourth-order valence-corrected chi connectivity index (χ4v) is 3.29. The third kappa shape index (κ3) is 5.10. The smallest absolute Gasteiger partial charge is 0.290 e. The lowest BCUT2D eigenvalue weighted by Gasteiger charge is -2.11. The molecule has 1 N–H and O–H groups in total. The van der Waals surface area contributed by atoms with Gasteiger partial charge in [0.05, 0.1) is 24.7 Å². The molecule has 7 heteroatoms. The molecule has 0 saturated carbocycles. The molecule has 0 bridgehead atoms. The van der Waals surface area contributed by atoms with Crippen molar-refractivity contribution in [2.75, 3.05) is 26.1 Å². The summed E-state index contributed by atoms with van der Waals surface area (Å²) < 4.78 is 6.85. The van der Waals surface area contributed by atoms with E-state index in [2.05, 4.69) is 15.6 Å². The van der Waals surface area contributed by atoms with Crippen molar-refractivity contribution in [2.45, 2.75) is 0 Å². The average molecular weight is 440 g/mol. The molecule has 4 rings (SSSR count). The van der Waals surface area contributed by atoms with E-state index in [9.17, 15) is 4.79 Å². The molecule has 166 valence electrons. The molecule has 7 nitrogen and oxygen atoms in total. The first-order chi connectivity index (χ1) is 16.0. The van der Waals surface area contributed by atoms with Gasteiger partial charge >= 0.3 is 0 Å². The number of methoxy groups -OCH3 is 1. The number of hydrogen-bond donors (Lipinski definition) is 1. The molecule has 1 heterocycles. The number of anilines is 1. The number of rotatable bonds is 7. The van der Waals surface area contributed by atoms with E-state index in [1.807, 2.05) is 97.9 Å². The van der Waals surface area contributed by atoms with Crippen LogP contribution in [0.15, 0.2) is 90.0 Å². The van der Waals surface area contributed by atoms with E-state index < -0.39 is 0 Å². The zero-order chi connectivity index (χ0) is 23.2. The largest absolute Gasteiger partial charge is 0.497 e. The summed E-state index contributed by atoms with van der Waals surface area (Å²) in [5, 5.41) is 8.81. The highest BCUT2D eigenvalue weighted by atomic mass is 16.5. The fourth-order valence-electron chi connectivity index (χ4n) is 3.29. The molecule has 0 saturated heterocycles. The summed E-state index contributed by atoms with van der Waals surface area (Å²) in [6, 6.07) is 26.7. The van der Waals surface area contributed by atoms with E-state index in [0.29, 0.717) is 11.4 Å². The number of carbonyl (C=O) groups excluding carboxylic acids is 1. The Kier molecular flexibility index (Phi) is 6.50. The van der Waals surface area contributed by atoms with Crippen molar-refractivity contribution in [2.24, 2.45) is 5.10 Å². The molecular formula is C26H25N5O2. The van der Waals surface area contributed by atoms with Crippen LogP contribution in [0.1, 0.15) is 16.1 Å². The predicted octanol–water partition coefficient (Wildman–Crippen LogP) is 4.38. The molecular weight excluding hydrogens is 414 g/mol. The molecule has 0 radical (unpaired) electrons. The van der Waals surface area contributed by atoms with Gasteiger partial charge in [-0.2, -0.15) is 10.2 Å². The Morgan fingerprint density at radius 3 is 2.33 bits per heavy atom. The van der Waals surface area contributed by atoms with Crippen LogP contribution in [0.2, 0.25) is 0 Å². The van der Waals surface area contributed by atoms with E-state index >= 15 is 0 Å². The molecule has 0 aliphatic heterocycles. The highest BCUT2D eigenvalue weighted by Gasteiger charge is 2.17. The molecule has 4 aromatic rings. The molecule has 3 aromatic carbocycles. The maximum Gasteiger partial charge on any atom is 0.290 e. The van der Waals surface area contributed by atoms with Gasteiger partial charge < -0.3 is 9.64 Å². The lowest BCUT2D eigenvalue weighted by Crippen LogP contribution is -2.21. The number of ether oxygens (including phenoxy) is 1. The van der Waals surface area contributed by atoms with Crippen LogP contribution >= 0.6 is 0 Å². The highest BCUT2D eigenvalue weighted by Crippen LogP contribution is 2.24. The van der Waals surface area contributed by atoms with Gasteiger partial charge in [-0.1, -0.05) is 30.3 Å². The van der Waals surface area contributed by atoms with Crippen molar-refractivity contribution in [3.63, 3.8) is 0 Å². The van der Waals surface area contributed by atoms with E-state index in [1.54, 1.807) is 24.1 Å². The Balaban J connectivity index is 1.59. The number of para-hydroxylation sites is 1. The quantitative estimate of drug-likeness (QED) is 0.343. The van der Waals surface area contributed by atoms with Crippen LogP contribution < -0.4 is 15.1 Å². The molecule has 33 heavy (non-hydrogen) atoms. The van der Waals surface area contributed by atoms with E-state index in [4.69, 9.17) is 4.74 Å². The molecule has 0 spiro atoms. The van der Waals surface area contributed by atoms with Crippen molar-refractivity contribution < 1.29 is 9.53 Å². The zero-order valence-electron chi connectivity index (χ0n) is 18.8. The molecule has 0 aliphatic carbocycles. The lowest BCUT2D eigenvalue weighted by atomic mass is 10.1. The fraction of sp³-hybridized carbons (Fsp3) is 0.115. The predicted molar refractivity (Wildman–Crippen MR) is 131 cm³/mol. The molecule has 1 amide bonds. The number of aromatic nitrogens is 2. The molecule has 0 unspecified atom stereocenters. The van der Waals surface area contributed by atoms with Crippen LogP contribution in [-0.4, -0.2) is 43.1 Å². The van der Waals surface area contributed by atoms with Crippen molar-refractivity contribution in [1.82, 2.24) is 15.2 Å². The lowest BCUT2D eigenvalue weighted by molar-refractivity contribution is 0.0947. The molecule has 1 aromatic heterocycles. The summed E-state index contributed by atoms with van der Waals surface area (Å²) in [7, 11) is 5.59. The van der Waals surface area contributed by atoms with Crippen molar-refractivity contribution in [3.8, 4) is 22.7 Å². The minimum Gasteiger partial charge on any atom is -0.497 e. The minimum atomic E-state index is -0.354. The second-order valence-corrected chi connectivity index (χ2v) is 7.58. The summed E-state index contributed by atoms with van der Waals surface area (Å²) in [6.45, 7) is 0. The van der Waals surface area contributed by atoms with Crippen LogP contribution in [0.3, 0.4) is 0 Å². The van der Waals surface area contributed by atoms with Gasteiger partial charge in [0, 0.05) is 25.3 Å². The normalized spacial score (nSPS) is 10.9. The third-order valence-corrected chi connectivity index (χ3v) is 5.12. The maximum absolute atomic E-state index is 13.0. The van der Waals surface area contributed by atoms with Crippen LogP contribution in [0, 0.1) is 0 Å². The summed E-state index contributed by atoms with van der Waals surface area (Å²) in [5.41, 5.74) is 7.31. The molecule has 0 fully saturated rings. The molecule has 0 aliphatic rings. The highest BCUT2D eigenvalue weighted by molar-refractivity contribution is 5.95. The zero-order valence-corrected chi connectivity index (χ0v) is 18.8. The van der Waals surface area contributed by atoms with Crippen molar-refractivity contribution in [3.05, 3.63) is 96.2 Å². The summed E-state index contributed by atoms with van der Waals surface area (Å²) in [5.74, 6) is 0.402. The van der Waals surface area contributed by atoms with Crippen LogP contribution in [0.4, 0.5) is 5.69 Å². The average Bonchev–Trinajstić information content (AvgIpc) is 3.30. The number of nitrogens with one attached hydrogen (secondary N) is 1. The monoisotopic (exact) mass is 439 g/mol. The van der Waals surface area contributed by atoms with Crippen molar-refractivity contribution in [1.29, 1.82) is 0 Å². The van der Waals surface area contributed by atoms with Gasteiger partial charge in [0.1, 0.15) is 11.4 Å². The number of benzene rings is 3. The number of amides is 1. The first-order valence-corrected chi connectivity index (χ1v) is 10.5. The second kappa shape index (κ2) is 9.82. The number of hydrazone groups is 1. The topological polar surface area (TPSA) is 71.8 Å². The van der Waals surface area contributed by atoms with Crippen LogP contribution in [0.25, 0.3) is 16.9 Å². The summed E-state index contributed by atoms with van der Waals surface area (Å²) in [4.78, 5) is 15.0. The molecule has 0 atom stereocenters. The van der Waals surface area contributed by atoms with E-state index in [1.165, 1.54) is 0 Å². The number of nitrogens with zero attached hydrogens (tertiary/aromatic N) is 4. The van der Waals surface area contributed by atoms with E-state index in [0.717, 1.165) is 28.3 Å². The summed E-state index contributed by atoms with van der Waals surface area (Å²) >= 11 is 0. The first kappa shape index (κ1) is 21.8. The Labute approximate surface area is 192 Å². The van der Waals surface area contributed by atoms with Gasteiger partial charge in [-0.25, -0.2) is 10.1 Å². The standard InChI is InChI=1S/C26H25N5O2/c1-30(2)21-13-9-19(10-14-21)18-27-28-26(32)25-17-24(20-11-15-23(33-3)16-12-20)29-31(25)22-7-5-4-6-8-22/h4-18H,1-3H3,(H,28,32). The van der Waals surface area contributed by atoms with Gasteiger partial charge in [0.25, 0.3) is 5.91 Å². The Hall–Kier alpha value is -4.39. The van der Waals surface area contributed by atoms with Crippen molar-refractivity contribution >= 4 is 17.8 Å². The SMILES string of the molecule is COc1ccc(-c2cc(C(=O)NN=Cc3ccc(N(C)C)cc3)n(-c3ccccc3)n2)cc1. The first-order valence-electron chi connectivity index (χ1n) is 10.5. The second-order valence-electron chi connectivity index (χ2n) is 7.58. The minimum absolute atomic E-state index is 0.354. The Morgan fingerprint density at radius 2 is 1.70 bits per heavy atom. The van der Waals surface area contributed by atoms with Gasteiger partial charge in [-0.3, -0.25) is 4.79 Å². The third-order valence-electron chi connectivity index (χ3n) is 5.12. The number of hydrogen-bond acceptors (Lipinski definition) is 5. The van der Waals surface area contributed by atoms with Gasteiger partial charge in [0.15, 0.2) is 0 Å². The summed E-state index contributed by atoms with van der Waals surface area (Å²) in [6.07, 6.45) is 1.62. The number of carbonyl (C=O) groups is 1. The van der Waals surface area contributed by atoms with Gasteiger partial charge in [-0.15, -0.1) is 0 Å². The Bertz CT molecular complexity index is 1240.